The Labute approximate surface area is 111 Å². The summed E-state index contributed by atoms with van der Waals surface area (Å²) in [6, 6.07) is 1.95. The van der Waals surface area contributed by atoms with Gasteiger partial charge in [-0.15, -0.1) is 23.4 Å². The van der Waals surface area contributed by atoms with Crippen LogP contribution in [-0.4, -0.2) is 23.2 Å². The summed E-state index contributed by atoms with van der Waals surface area (Å²) in [5, 5.41) is 0.694. The summed E-state index contributed by atoms with van der Waals surface area (Å²) in [7, 11) is 0. The zero-order chi connectivity index (χ0) is 12.0. The quantitative estimate of drug-likeness (QED) is 0.639. The minimum absolute atomic E-state index is 0.158. The molecule has 1 heterocycles. The molecule has 90 valence electrons. The highest BCUT2D eigenvalue weighted by Gasteiger charge is 2.14. The number of aromatic nitrogens is 1. The second-order valence-corrected chi connectivity index (χ2v) is 5.50. The van der Waals surface area contributed by atoms with Gasteiger partial charge < -0.3 is 5.73 Å². The topological polar surface area (TPSA) is 38.9 Å². The highest BCUT2D eigenvalue weighted by molar-refractivity contribution is 7.99. The third-order valence-corrected chi connectivity index (χ3v) is 3.65. The van der Waals surface area contributed by atoms with Gasteiger partial charge in [0.15, 0.2) is 0 Å². The molecule has 0 aromatic carbocycles. The van der Waals surface area contributed by atoms with Gasteiger partial charge in [-0.25, -0.2) is 0 Å². The molecule has 5 heteroatoms. The van der Waals surface area contributed by atoms with E-state index in [0.717, 1.165) is 22.8 Å². The van der Waals surface area contributed by atoms with E-state index in [-0.39, 0.29) is 5.92 Å². The molecule has 0 bridgehead atoms. The predicted octanol–water partition coefficient (Wildman–Crippen LogP) is 3.52. The summed E-state index contributed by atoms with van der Waals surface area (Å²) >= 11 is 13.7. The van der Waals surface area contributed by atoms with E-state index in [2.05, 4.69) is 11.9 Å². The normalized spacial score (nSPS) is 12.8. The minimum atomic E-state index is 0.158. The molecule has 1 rings (SSSR count). The lowest BCUT2D eigenvalue weighted by atomic mass is 10.0. The Hall–Kier alpha value is 0.0400. The van der Waals surface area contributed by atoms with E-state index < -0.39 is 0 Å². The van der Waals surface area contributed by atoms with E-state index >= 15 is 0 Å². The number of hydrogen-bond donors (Lipinski definition) is 1. The van der Waals surface area contributed by atoms with Crippen LogP contribution in [0.15, 0.2) is 17.2 Å². The maximum absolute atomic E-state index is 6.20. The lowest BCUT2D eigenvalue weighted by Crippen LogP contribution is -2.15. The highest BCUT2D eigenvalue weighted by Crippen LogP contribution is 2.28. The van der Waals surface area contributed by atoms with Crippen LogP contribution in [0.3, 0.4) is 0 Å². The van der Waals surface area contributed by atoms with Gasteiger partial charge >= 0.3 is 0 Å². The van der Waals surface area contributed by atoms with Crippen molar-refractivity contribution in [2.24, 2.45) is 5.73 Å². The van der Waals surface area contributed by atoms with E-state index in [1.165, 1.54) is 0 Å². The van der Waals surface area contributed by atoms with Crippen LogP contribution in [0.4, 0.5) is 0 Å². The monoisotopic (exact) mass is 278 g/mol. The van der Waals surface area contributed by atoms with Crippen molar-refractivity contribution in [2.45, 2.75) is 24.2 Å². The number of rotatable bonds is 6. The molecule has 0 fully saturated rings. The van der Waals surface area contributed by atoms with Gasteiger partial charge in [0.2, 0.25) is 0 Å². The first-order chi connectivity index (χ1) is 7.72. The number of thioether (sulfide) groups is 1. The van der Waals surface area contributed by atoms with E-state index in [0.29, 0.717) is 17.4 Å². The molecule has 0 saturated carbocycles. The van der Waals surface area contributed by atoms with E-state index in [9.17, 15) is 0 Å². The zero-order valence-electron chi connectivity index (χ0n) is 9.25. The first-order valence-electron chi connectivity index (χ1n) is 5.27. The van der Waals surface area contributed by atoms with Gasteiger partial charge in [-0.1, -0.05) is 18.5 Å². The molecule has 1 atom stereocenters. The molecule has 16 heavy (non-hydrogen) atoms. The number of alkyl halides is 1. The Morgan fingerprint density at radius 2 is 2.31 bits per heavy atom. The second-order valence-electron chi connectivity index (χ2n) is 3.38. The van der Waals surface area contributed by atoms with Crippen LogP contribution in [0.2, 0.25) is 5.02 Å². The summed E-state index contributed by atoms with van der Waals surface area (Å²) in [4.78, 5) is 5.49. The number of nitrogens with two attached hydrogens (primary N) is 1. The average Bonchev–Trinajstić information content (AvgIpc) is 2.27. The molecule has 0 aliphatic heterocycles. The van der Waals surface area contributed by atoms with Crippen LogP contribution in [0.1, 0.15) is 25.0 Å². The van der Waals surface area contributed by atoms with Gasteiger partial charge in [0.25, 0.3) is 0 Å². The number of halogens is 2. The molecule has 1 aromatic rings. The molecule has 1 unspecified atom stereocenters. The van der Waals surface area contributed by atoms with Crippen molar-refractivity contribution in [3.63, 3.8) is 0 Å². The van der Waals surface area contributed by atoms with E-state index in [4.69, 9.17) is 28.9 Å². The van der Waals surface area contributed by atoms with E-state index in [1.807, 2.05) is 12.3 Å². The Morgan fingerprint density at radius 1 is 1.56 bits per heavy atom. The average molecular weight is 279 g/mol. The smallest absolute Gasteiger partial charge is 0.0636 e. The van der Waals surface area contributed by atoms with Crippen molar-refractivity contribution >= 4 is 35.0 Å². The van der Waals surface area contributed by atoms with Gasteiger partial charge in [0.1, 0.15) is 0 Å². The van der Waals surface area contributed by atoms with Crippen molar-refractivity contribution in [2.75, 3.05) is 18.2 Å². The second kappa shape index (κ2) is 7.38. The molecule has 1 aromatic heterocycles. The number of pyridine rings is 1. The zero-order valence-corrected chi connectivity index (χ0v) is 11.6. The summed E-state index contributed by atoms with van der Waals surface area (Å²) in [5.41, 5.74) is 6.56. The molecule has 0 saturated heterocycles. The van der Waals surface area contributed by atoms with E-state index in [1.54, 1.807) is 11.8 Å². The first-order valence-corrected chi connectivity index (χ1v) is 7.17. The predicted molar refractivity (Wildman–Crippen MR) is 72.8 cm³/mol. The largest absolute Gasteiger partial charge is 0.330 e. The van der Waals surface area contributed by atoms with Crippen molar-refractivity contribution in [1.29, 1.82) is 0 Å². The fourth-order valence-corrected chi connectivity index (χ4v) is 2.79. The van der Waals surface area contributed by atoms with Crippen molar-refractivity contribution in [3.05, 3.63) is 23.0 Å². The third kappa shape index (κ3) is 3.81. The lowest BCUT2D eigenvalue weighted by molar-refractivity contribution is 0.656. The molecule has 0 aliphatic carbocycles. The molecule has 0 aliphatic rings. The molecule has 2 nitrogen and oxygen atoms in total. The summed E-state index contributed by atoms with van der Waals surface area (Å²) < 4.78 is 0. The Balaban J connectivity index is 2.87. The SMILES string of the molecule is CCSc1cnc(C(CN)CCCl)c(Cl)c1. The maximum Gasteiger partial charge on any atom is 0.0636 e. The Bertz CT molecular complexity index is 334. The van der Waals surface area contributed by atoms with Crippen LogP contribution in [-0.2, 0) is 0 Å². The lowest BCUT2D eigenvalue weighted by Gasteiger charge is -2.14. The fraction of sp³-hybridized carbons (Fsp3) is 0.545. The summed E-state index contributed by atoms with van der Waals surface area (Å²) in [6.07, 6.45) is 2.66. The standard InChI is InChI=1S/C11H16Cl2N2S/c1-2-16-9-5-10(13)11(15-7-9)8(6-14)3-4-12/h5,7-8H,2-4,6,14H2,1H3. The third-order valence-electron chi connectivity index (χ3n) is 2.28. The Morgan fingerprint density at radius 3 is 2.81 bits per heavy atom. The molecule has 0 spiro atoms. The van der Waals surface area contributed by atoms with Crippen molar-refractivity contribution in [1.82, 2.24) is 4.98 Å². The van der Waals surface area contributed by atoms with Gasteiger partial charge in [-0.05, 0) is 18.2 Å². The molecule has 0 amide bonds. The highest BCUT2D eigenvalue weighted by atomic mass is 35.5. The summed E-state index contributed by atoms with van der Waals surface area (Å²) in [6.45, 7) is 2.63. The molecular weight excluding hydrogens is 263 g/mol. The van der Waals surface area contributed by atoms with Crippen LogP contribution in [0.25, 0.3) is 0 Å². The van der Waals surface area contributed by atoms with Crippen molar-refractivity contribution in [3.8, 4) is 0 Å². The van der Waals surface area contributed by atoms with Crippen LogP contribution < -0.4 is 5.73 Å². The fourth-order valence-electron chi connectivity index (χ4n) is 1.47. The summed E-state index contributed by atoms with van der Waals surface area (Å²) in [5.74, 6) is 1.75. The van der Waals surface area contributed by atoms with Crippen LogP contribution in [0, 0.1) is 0 Å². The van der Waals surface area contributed by atoms with Crippen LogP contribution in [0.5, 0.6) is 0 Å². The van der Waals surface area contributed by atoms with Gasteiger partial charge in [-0.2, -0.15) is 0 Å². The van der Waals surface area contributed by atoms with Crippen LogP contribution >= 0.6 is 35.0 Å². The minimum Gasteiger partial charge on any atom is -0.330 e. The number of hydrogen-bond acceptors (Lipinski definition) is 3. The molecular formula is C11H16Cl2N2S. The molecule has 2 N–H and O–H groups in total. The van der Waals surface area contributed by atoms with Gasteiger partial charge in [-0.3, -0.25) is 4.98 Å². The first kappa shape index (κ1) is 14.1. The van der Waals surface area contributed by atoms with Crippen molar-refractivity contribution < 1.29 is 0 Å². The Kier molecular flexibility index (Phi) is 6.51. The molecule has 0 radical (unpaired) electrons. The number of nitrogens with zero attached hydrogens (tertiary/aromatic N) is 1. The van der Waals surface area contributed by atoms with Gasteiger partial charge in [0, 0.05) is 29.4 Å². The van der Waals surface area contributed by atoms with Gasteiger partial charge in [0.05, 0.1) is 10.7 Å². The maximum atomic E-state index is 6.20.